The molecule has 0 fully saturated rings. The first-order valence-electron chi connectivity index (χ1n) is 4.67. The lowest BCUT2D eigenvalue weighted by atomic mass is 10.2. The third-order valence-corrected chi connectivity index (χ3v) is 2.21. The predicted molar refractivity (Wildman–Crippen MR) is 63.8 cm³/mol. The van der Waals surface area contributed by atoms with Crippen LogP contribution in [0, 0.1) is 10.1 Å². The summed E-state index contributed by atoms with van der Waals surface area (Å²) in [5.41, 5.74) is 0.393. The number of non-ortho nitro benzene ring substituents is 1. The molecule has 1 unspecified atom stereocenters. The van der Waals surface area contributed by atoms with Gasteiger partial charge in [-0.15, -0.1) is 0 Å². The van der Waals surface area contributed by atoms with Crippen molar-refractivity contribution in [1.82, 2.24) is 5.32 Å². The molecule has 0 spiro atoms. The zero-order valence-corrected chi connectivity index (χ0v) is 10.2. The summed E-state index contributed by atoms with van der Waals surface area (Å²) >= 11 is 3.30. The average Bonchev–Trinajstić information content (AvgIpc) is 2.26. The number of nitro benzene ring substituents is 1. The van der Waals surface area contributed by atoms with Crippen molar-refractivity contribution >= 4 is 27.5 Å². The molecule has 16 heavy (non-hydrogen) atoms. The van der Waals surface area contributed by atoms with E-state index in [1.165, 1.54) is 24.3 Å². The van der Waals surface area contributed by atoms with Crippen molar-refractivity contribution in [2.24, 2.45) is 0 Å². The van der Waals surface area contributed by atoms with Gasteiger partial charge in [0.05, 0.1) is 4.92 Å². The van der Waals surface area contributed by atoms with E-state index >= 15 is 0 Å². The fraction of sp³-hybridized carbons (Fsp3) is 0.300. The van der Waals surface area contributed by atoms with Crippen molar-refractivity contribution in [2.45, 2.75) is 11.8 Å². The molecule has 1 N–H and O–H groups in total. The van der Waals surface area contributed by atoms with Crippen LogP contribution < -0.4 is 5.32 Å². The second-order valence-electron chi connectivity index (χ2n) is 3.29. The molecule has 0 bridgehead atoms. The van der Waals surface area contributed by atoms with Crippen molar-refractivity contribution in [3.8, 4) is 0 Å². The quantitative estimate of drug-likeness (QED) is 0.523. The van der Waals surface area contributed by atoms with Gasteiger partial charge in [-0.05, 0) is 12.1 Å². The minimum Gasteiger partial charge on any atom is -0.351 e. The van der Waals surface area contributed by atoms with Gasteiger partial charge in [0.2, 0.25) is 0 Å². The van der Waals surface area contributed by atoms with Gasteiger partial charge in [0, 0.05) is 29.1 Å². The first-order chi connectivity index (χ1) is 7.50. The molecule has 0 aliphatic rings. The van der Waals surface area contributed by atoms with Gasteiger partial charge < -0.3 is 5.32 Å². The highest BCUT2D eigenvalue weighted by Gasteiger charge is 2.09. The third-order valence-electron chi connectivity index (χ3n) is 1.88. The van der Waals surface area contributed by atoms with Gasteiger partial charge in [0.1, 0.15) is 0 Å². The molecule has 0 radical (unpaired) electrons. The Bertz CT molecular complexity index is 390. The van der Waals surface area contributed by atoms with Crippen LogP contribution in [0.1, 0.15) is 17.3 Å². The van der Waals surface area contributed by atoms with E-state index in [4.69, 9.17) is 0 Å². The van der Waals surface area contributed by atoms with Crippen molar-refractivity contribution in [3.63, 3.8) is 0 Å². The highest BCUT2D eigenvalue weighted by molar-refractivity contribution is 9.09. The molecule has 1 aromatic carbocycles. The van der Waals surface area contributed by atoms with Gasteiger partial charge in [0.25, 0.3) is 11.6 Å². The number of carbonyl (C=O) groups excluding carboxylic acids is 1. The van der Waals surface area contributed by atoms with Crippen LogP contribution in [-0.4, -0.2) is 22.2 Å². The molecule has 0 aromatic heterocycles. The highest BCUT2D eigenvalue weighted by Crippen LogP contribution is 2.11. The summed E-state index contributed by atoms with van der Waals surface area (Å²) < 4.78 is 0. The van der Waals surface area contributed by atoms with Crippen molar-refractivity contribution in [1.29, 1.82) is 0 Å². The summed E-state index contributed by atoms with van der Waals surface area (Å²) in [6.07, 6.45) is 0. The molecule has 1 aromatic rings. The summed E-state index contributed by atoms with van der Waals surface area (Å²) in [5.74, 6) is -0.235. The molecule has 0 saturated heterocycles. The van der Waals surface area contributed by atoms with Crippen LogP contribution in [0.3, 0.4) is 0 Å². The van der Waals surface area contributed by atoms with Gasteiger partial charge in [-0.25, -0.2) is 0 Å². The van der Waals surface area contributed by atoms with E-state index < -0.39 is 4.92 Å². The van der Waals surface area contributed by atoms with Crippen LogP contribution in [0.2, 0.25) is 0 Å². The summed E-state index contributed by atoms with van der Waals surface area (Å²) in [6, 6.07) is 5.50. The highest BCUT2D eigenvalue weighted by atomic mass is 79.9. The molecule has 0 aliphatic carbocycles. The second-order valence-corrected chi connectivity index (χ2v) is 4.86. The average molecular weight is 287 g/mol. The Morgan fingerprint density at radius 3 is 2.50 bits per heavy atom. The summed E-state index contributed by atoms with van der Waals surface area (Å²) in [6.45, 7) is 2.42. The van der Waals surface area contributed by atoms with E-state index in [9.17, 15) is 14.9 Å². The largest absolute Gasteiger partial charge is 0.351 e. The molecule has 86 valence electrons. The maximum atomic E-state index is 11.5. The van der Waals surface area contributed by atoms with E-state index in [1.54, 1.807) is 0 Å². The molecule has 0 heterocycles. The lowest BCUT2D eigenvalue weighted by Crippen LogP contribution is -2.28. The number of hydrogen-bond acceptors (Lipinski definition) is 3. The Morgan fingerprint density at radius 2 is 2.06 bits per heavy atom. The number of halogens is 1. The van der Waals surface area contributed by atoms with Crippen LogP contribution in [-0.2, 0) is 0 Å². The van der Waals surface area contributed by atoms with Gasteiger partial charge in [-0.1, -0.05) is 22.9 Å². The summed E-state index contributed by atoms with van der Waals surface area (Å²) in [7, 11) is 0. The van der Waals surface area contributed by atoms with Gasteiger partial charge in [-0.2, -0.15) is 0 Å². The Labute approximate surface area is 101 Å². The van der Waals surface area contributed by atoms with E-state index in [1.807, 2.05) is 6.92 Å². The lowest BCUT2D eigenvalue weighted by Gasteiger charge is -2.06. The standard InChI is InChI=1S/C10H11BrN2O3/c1-7(11)6-12-10(14)8-2-4-9(5-3-8)13(15)16/h2-5,7H,6H2,1H3,(H,12,14). The number of benzene rings is 1. The number of rotatable bonds is 4. The van der Waals surface area contributed by atoms with Crippen LogP contribution >= 0.6 is 15.9 Å². The third kappa shape index (κ3) is 3.62. The maximum Gasteiger partial charge on any atom is 0.269 e. The SMILES string of the molecule is CC(Br)CNC(=O)c1ccc([N+](=O)[O-])cc1. The number of nitrogens with zero attached hydrogens (tertiary/aromatic N) is 1. The summed E-state index contributed by atoms with van der Waals surface area (Å²) in [5, 5.41) is 13.1. The molecule has 1 amide bonds. The Balaban J connectivity index is 2.67. The Morgan fingerprint density at radius 1 is 1.50 bits per heavy atom. The number of alkyl halides is 1. The van der Waals surface area contributed by atoms with Crippen molar-refractivity contribution in [3.05, 3.63) is 39.9 Å². The minimum absolute atomic E-state index is 0.0228. The van der Waals surface area contributed by atoms with Crippen molar-refractivity contribution < 1.29 is 9.72 Å². The molecule has 1 rings (SSSR count). The van der Waals surface area contributed by atoms with Crippen LogP contribution in [0.25, 0.3) is 0 Å². The first-order valence-corrected chi connectivity index (χ1v) is 5.59. The van der Waals surface area contributed by atoms with Crippen LogP contribution in [0.4, 0.5) is 5.69 Å². The van der Waals surface area contributed by atoms with E-state index in [0.29, 0.717) is 12.1 Å². The number of carbonyl (C=O) groups is 1. The Hall–Kier alpha value is -1.43. The van der Waals surface area contributed by atoms with E-state index in [-0.39, 0.29) is 16.4 Å². The monoisotopic (exact) mass is 286 g/mol. The topological polar surface area (TPSA) is 72.2 Å². The Kier molecular flexibility index (Phi) is 4.42. The molecular weight excluding hydrogens is 276 g/mol. The molecule has 1 atom stereocenters. The zero-order valence-electron chi connectivity index (χ0n) is 8.64. The lowest BCUT2D eigenvalue weighted by molar-refractivity contribution is -0.384. The van der Waals surface area contributed by atoms with Crippen LogP contribution in [0.15, 0.2) is 24.3 Å². The zero-order chi connectivity index (χ0) is 12.1. The minimum atomic E-state index is -0.498. The number of hydrogen-bond donors (Lipinski definition) is 1. The number of amides is 1. The molecule has 6 heteroatoms. The maximum absolute atomic E-state index is 11.5. The van der Waals surface area contributed by atoms with Gasteiger partial charge >= 0.3 is 0 Å². The molecule has 5 nitrogen and oxygen atoms in total. The predicted octanol–water partition coefficient (Wildman–Crippen LogP) is 2.11. The smallest absolute Gasteiger partial charge is 0.269 e. The van der Waals surface area contributed by atoms with E-state index in [2.05, 4.69) is 21.2 Å². The fourth-order valence-corrected chi connectivity index (χ4v) is 1.23. The second kappa shape index (κ2) is 5.60. The molecule has 0 aliphatic heterocycles. The molecule has 0 saturated carbocycles. The van der Waals surface area contributed by atoms with E-state index in [0.717, 1.165) is 0 Å². The first kappa shape index (κ1) is 12.6. The number of nitrogens with one attached hydrogen (secondary N) is 1. The molecular formula is C10H11BrN2O3. The van der Waals surface area contributed by atoms with Crippen LogP contribution in [0.5, 0.6) is 0 Å². The van der Waals surface area contributed by atoms with Crippen molar-refractivity contribution in [2.75, 3.05) is 6.54 Å². The normalized spacial score (nSPS) is 11.9. The van der Waals surface area contributed by atoms with Gasteiger partial charge in [-0.3, -0.25) is 14.9 Å². The number of nitro groups is 1. The van der Waals surface area contributed by atoms with Gasteiger partial charge in [0.15, 0.2) is 0 Å². The fourth-order valence-electron chi connectivity index (χ4n) is 1.07. The summed E-state index contributed by atoms with van der Waals surface area (Å²) in [4.78, 5) is 21.6.